The number of hydrogen-bond donors (Lipinski definition) is 0. The lowest BCUT2D eigenvalue weighted by Gasteiger charge is -2.31. The molecule has 0 aliphatic carbocycles. The Bertz CT molecular complexity index is 507. The third-order valence-corrected chi connectivity index (χ3v) is 3.66. The predicted molar refractivity (Wildman–Crippen MR) is 75.8 cm³/mol. The van der Waals surface area contributed by atoms with E-state index in [-0.39, 0.29) is 11.9 Å². The van der Waals surface area contributed by atoms with E-state index >= 15 is 0 Å². The van der Waals surface area contributed by atoms with Crippen molar-refractivity contribution in [3.63, 3.8) is 0 Å². The zero-order chi connectivity index (χ0) is 14.4. The minimum absolute atomic E-state index is 0.0297. The van der Waals surface area contributed by atoms with Gasteiger partial charge in [0.05, 0.1) is 24.2 Å². The van der Waals surface area contributed by atoms with Crippen molar-refractivity contribution in [3.05, 3.63) is 35.4 Å². The smallest absolute Gasteiger partial charge is 0.310 e. The molecule has 106 valence electrons. The molecule has 0 N–H and O–H groups in total. The fraction of sp³-hybridized carbons (Fsp3) is 0.500. The lowest BCUT2D eigenvalue weighted by atomic mass is 9.97. The first-order valence-electron chi connectivity index (χ1n) is 7.11. The summed E-state index contributed by atoms with van der Waals surface area (Å²) in [4.78, 5) is 14.1. The van der Waals surface area contributed by atoms with Gasteiger partial charge in [-0.2, -0.15) is 5.26 Å². The molecule has 2 rings (SSSR count). The summed E-state index contributed by atoms with van der Waals surface area (Å²) < 4.78 is 5.11. The van der Waals surface area contributed by atoms with Gasteiger partial charge in [0.25, 0.3) is 0 Å². The number of rotatable bonds is 4. The zero-order valence-corrected chi connectivity index (χ0v) is 11.8. The highest BCUT2D eigenvalue weighted by molar-refractivity contribution is 5.72. The second-order valence-corrected chi connectivity index (χ2v) is 5.10. The first-order chi connectivity index (χ1) is 9.74. The molecule has 0 unspecified atom stereocenters. The lowest BCUT2D eigenvalue weighted by Crippen LogP contribution is -2.39. The average Bonchev–Trinajstić information content (AvgIpc) is 2.48. The Balaban J connectivity index is 1.99. The molecule has 1 fully saturated rings. The van der Waals surface area contributed by atoms with E-state index in [1.54, 1.807) is 0 Å². The molecule has 1 aliphatic rings. The number of carbonyl (C=O) groups is 1. The van der Waals surface area contributed by atoms with Crippen LogP contribution < -0.4 is 0 Å². The summed E-state index contributed by atoms with van der Waals surface area (Å²) in [5.41, 5.74) is 1.74. The minimum Gasteiger partial charge on any atom is -0.466 e. The standard InChI is InChI=1S/C16H20N2O2/c1-2-20-16(19)15-8-5-9-18(12-15)11-14-7-4-3-6-13(14)10-17/h3-4,6-7,15H,2,5,8-9,11-12H2,1H3/t15-/m0/s1. The molecule has 1 atom stereocenters. The van der Waals surface area contributed by atoms with Crippen LogP contribution in [-0.2, 0) is 16.1 Å². The summed E-state index contributed by atoms with van der Waals surface area (Å²) >= 11 is 0. The molecule has 1 saturated heterocycles. The van der Waals surface area contributed by atoms with Crippen molar-refractivity contribution >= 4 is 5.97 Å². The fourth-order valence-corrected chi connectivity index (χ4v) is 2.66. The molecule has 4 nitrogen and oxygen atoms in total. The molecule has 0 spiro atoms. The van der Waals surface area contributed by atoms with Crippen molar-refractivity contribution in [1.29, 1.82) is 5.26 Å². The highest BCUT2D eigenvalue weighted by Crippen LogP contribution is 2.20. The van der Waals surface area contributed by atoms with E-state index in [1.165, 1.54) is 0 Å². The predicted octanol–water partition coefficient (Wildman–Crippen LogP) is 2.33. The SMILES string of the molecule is CCOC(=O)[C@H]1CCCN(Cc2ccccc2C#N)C1. The summed E-state index contributed by atoms with van der Waals surface area (Å²) in [6, 6.07) is 9.86. The van der Waals surface area contributed by atoms with Crippen LogP contribution in [0.25, 0.3) is 0 Å². The van der Waals surface area contributed by atoms with E-state index < -0.39 is 0 Å². The van der Waals surface area contributed by atoms with E-state index in [4.69, 9.17) is 10.00 Å². The van der Waals surface area contributed by atoms with Crippen LogP contribution in [0.5, 0.6) is 0 Å². The summed E-state index contributed by atoms with van der Waals surface area (Å²) in [6.45, 7) is 4.68. The largest absolute Gasteiger partial charge is 0.466 e. The van der Waals surface area contributed by atoms with Crippen LogP contribution in [-0.4, -0.2) is 30.6 Å². The van der Waals surface area contributed by atoms with Crippen molar-refractivity contribution in [2.45, 2.75) is 26.3 Å². The Morgan fingerprint density at radius 3 is 3.05 bits per heavy atom. The molecule has 0 amide bonds. The second-order valence-electron chi connectivity index (χ2n) is 5.10. The second kappa shape index (κ2) is 7.06. The zero-order valence-electron chi connectivity index (χ0n) is 11.8. The van der Waals surface area contributed by atoms with E-state index in [0.717, 1.165) is 38.0 Å². The third kappa shape index (κ3) is 3.58. The Labute approximate surface area is 120 Å². The number of nitriles is 1. The number of nitrogens with zero attached hydrogens (tertiary/aromatic N) is 2. The summed E-state index contributed by atoms with van der Waals surface area (Å²) in [5.74, 6) is -0.122. The first-order valence-corrected chi connectivity index (χ1v) is 7.11. The van der Waals surface area contributed by atoms with Gasteiger partial charge in [0.2, 0.25) is 0 Å². The number of piperidine rings is 1. The Kier molecular flexibility index (Phi) is 5.14. The maximum absolute atomic E-state index is 11.8. The van der Waals surface area contributed by atoms with Crippen LogP contribution in [0.15, 0.2) is 24.3 Å². The van der Waals surface area contributed by atoms with Crippen LogP contribution in [0.1, 0.15) is 30.9 Å². The van der Waals surface area contributed by atoms with Gasteiger partial charge < -0.3 is 4.74 Å². The molecule has 4 heteroatoms. The number of benzene rings is 1. The van der Waals surface area contributed by atoms with Crippen molar-refractivity contribution in [2.24, 2.45) is 5.92 Å². The third-order valence-electron chi connectivity index (χ3n) is 3.66. The summed E-state index contributed by atoms with van der Waals surface area (Å²) in [5, 5.41) is 9.12. The van der Waals surface area contributed by atoms with Gasteiger partial charge in [0, 0.05) is 13.1 Å². The number of hydrogen-bond acceptors (Lipinski definition) is 4. The van der Waals surface area contributed by atoms with Crippen molar-refractivity contribution in [1.82, 2.24) is 4.90 Å². The van der Waals surface area contributed by atoms with Crippen molar-refractivity contribution < 1.29 is 9.53 Å². The van der Waals surface area contributed by atoms with Gasteiger partial charge in [-0.3, -0.25) is 9.69 Å². The van der Waals surface area contributed by atoms with Gasteiger partial charge in [-0.05, 0) is 37.9 Å². The normalized spacial score (nSPS) is 19.3. The molecule has 1 aliphatic heterocycles. The number of carbonyl (C=O) groups excluding carboxylic acids is 1. The molecular formula is C16H20N2O2. The topological polar surface area (TPSA) is 53.3 Å². The van der Waals surface area contributed by atoms with Crippen LogP contribution in [0.4, 0.5) is 0 Å². The van der Waals surface area contributed by atoms with Crippen LogP contribution in [0.3, 0.4) is 0 Å². The van der Waals surface area contributed by atoms with Gasteiger partial charge in [0.1, 0.15) is 0 Å². The number of ether oxygens (including phenoxy) is 1. The molecule has 0 saturated carbocycles. The average molecular weight is 272 g/mol. The number of esters is 1. The van der Waals surface area contributed by atoms with Crippen LogP contribution >= 0.6 is 0 Å². The Morgan fingerprint density at radius 1 is 1.50 bits per heavy atom. The van der Waals surface area contributed by atoms with Crippen molar-refractivity contribution in [3.8, 4) is 6.07 Å². The first kappa shape index (κ1) is 14.5. The highest BCUT2D eigenvalue weighted by Gasteiger charge is 2.26. The minimum atomic E-state index is -0.0919. The van der Waals surface area contributed by atoms with Gasteiger partial charge in [-0.25, -0.2) is 0 Å². The van der Waals surface area contributed by atoms with Gasteiger partial charge >= 0.3 is 5.97 Å². The highest BCUT2D eigenvalue weighted by atomic mass is 16.5. The molecule has 0 bridgehead atoms. The van der Waals surface area contributed by atoms with E-state index in [1.807, 2.05) is 31.2 Å². The van der Waals surface area contributed by atoms with Gasteiger partial charge in [-0.1, -0.05) is 18.2 Å². The number of likely N-dealkylation sites (tertiary alicyclic amines) is 1. The Hall–Kier alpha value is -1.86. The maximum Gasteiger partial charge on any atom is 0.310 e. The summed E-state index contributed by atoms with van der Waals surface area (Å²) in [6.07, 6.45) is 1.90. The monoisotopic (exact) mass is 272 g/mol. The fourth-order valence-electron chi connectivity index (χ4n) is 2.66. The van der Waals surface area contributed by atoms with Gasteiger partial charge in [0.15, 0.2) is 0 Å². The maximum atomic E-state index is 11.8. The summed E-state index contributed by atoms with van der Waals surface area (Å²) in [7, 11) is 0. The molecule has 20 heavy (non-hydrogen) atoms. The molecule has 1 aromatic rings. The van der Waals surface area contributed by atoms with E-state index in [2.05, 4.69) is 11.0 Å². The molecule has 1 heterocycles. The molecule has 1 aromatic carbocycles. The molecular weight excluding hydrogens is 252 g/mol. The molecule has 0 radical (unpaired) electrons. The molecule has 0 aromatic heterocycles. The lowest BCUT2D eigenvalue weighted by molar-refractivity contribution is -0.150. The Morgan fingerprint density at radius 2 is 2.30 bits per heavy atom. The van der Waals surface area contributed by atoms with Gasteiger partial charge in [-0.15, -0.1) is 0 Å². The van der Waals surface area contributed by atoms with E-state index in [0.29, 0.717) is 12.2 Å². The quantitative estimate of drug-likeness (QED) is 0.789. The van der Waals surface area contributed by atoms with E-state index in [9.17, 15) is 4.79 Å². The van der Waals surface area contributed by atoms with Crippen molar-refractivity contribution in [2.75, 3.05) is 19.7 Å². The van der Waals surface area contributed by atoms with Crippen LogP contribution in [0, 0.1) is 17.2 Å². The van der Waals surface area contributed by atoms with Crippen LogP contribution in [0.2, 0.25) is 0 Å².